The van der Waals surface area contributed by atoms with Crippen LogP contribution in [0.1, 0.15) is 37.9 Å². The summed E-state index contributed by atoms with van der Waals surface area (Å²) in [6, 6.07) is 8.35. The van der Waals surface area contributed by atoms with E-state index in [1.807, 2.05) is 18.2 Å². The van der Waals surface area contributed by atoms with E-state index in [2.05, 4.69) is 11.0 Å². The van der Waals surface area contributed by atoms with Gasteiger partial charge in [0.2, 0.25) is 0 Å². The summed E-state index contributed by atoms with van der Waals surface area (Å²) in [5.74, 6) is 0. The number of halogens is 1. The Kier molecular flexibility index (Phi) is 4.11. The number of nitrogens with zero attached hydrogens (tertiary/aromatic N) is 2. The van der Waals surface area contributed by atoms with Crippen molar-refractivity contribution in [1.82, 2.24) is 0 Å². The molecular weight excluding hydrogens is 248 g/mol. The van der Waals surface area contributed by atoms with E-state index in [0.717, 1.165) is 17.8 Å². The van der Waals surface area contributed by atoms with E-state index < -0.39 is 6.10 Å². The molecule has 0 radical (unpaired) electrons. The minimum atomic E-state index is -0.509. The fourth-order valence-electron chi connectivity index (χ4n) is 2.07. The number of hydrogen-bond acceptors (Lipinski definition) is 3. The summed E-state index contributed by atoms with van der Waals surface area (Å²) in [4.78, 5) is 2.21. The van der Waals surface area contributed by atoms with Crippen LogP contribution in [0.4, 0.5) is 5.69 Å². The summed E-state index contributed by atoms with van der Waals surface area (Å²) >= 11 is 6.28. The van der Waals surface area contributed by atoms with Gasteiger partial charge in [0.15, 0.2) is 0 Å². The molecule has 3 nitrogen and oxygen atoms in total. The second-order valence-corrected chi connectivity index (χ2v) is 5.13. The lowest BCUT2D eigenvalue weighted by atomic mass is 10.1. The second-order valence-electron chi connectivity index (χ2n) is 4.72. The van der Waals surface area contributed by atoms with Gasteiger partial charge in [0, 0.05) is 12.6 Å². The smallest absolute Gasteiger partial charge is 0.0762 e. The van der Waals surface area contributed by atoms with Crippen LogP contribution >= 0.6 is 11.6 Å². The van der Waals surface area contributed by atoms with Gasteiger partial charge < -0.3 is 10.0 Å². The maximum Gasteiger partial charge on any atom is 0.0762 e. The van der Waals surface area contributed by atoms with Gasteiger partial charge in [-0.05, 0) is 37.5 Å². The van der Waals surface area contributed by atoms with Crippen LogP contribution in [-0.4, -0.2) is 17.7 Å². The molecule has 1 aliphatic rings. The molecule has 0 amide bonds. The highest BCUT2D eigenvalue weighted by Crippen LogP contribution is 2.36. The van der Waals surface area contributed by atoms with Crippen LogP contribution in [0.2, 0.25) is 5.02 Å². The standard InChI is InChI=1S/C14H17ClN2O/c1-10(18)11-3-6-14(13(15)9-11)17(8-2-7-16)12-4-5-12/h3,6,9-10,12,18H,2,4-5,8H2,1H3/t10-/m1/s1. The van der Waals surface area contributed by atoms with E-state index >= 15 is 0 Å². The van der Waals surface area contributed by atoms with E-state index in [9.17, 15) is 5.11 Å². The van der Waals surface area contributed by atoms with Crippen molar-refractivity contribution in [2.75, 3.05) is 11.4 Å². The predicted molar refractivity (Wildman–Crippen MR) is 72.7 cm³/mol. The zero-order valence-electron chi connectivity index (χ0n) is 10.4. The number of anilines is 1. The Morgan fingerprint density at radius 3 is 2.78 bits per heavy atom. The molecule has 18 heavy (non-hydrogen) atoms. The third-order valence-corrected chi connectivity index (χ3v) is 3.52. The Morgan fingerprint density at radius 1 is 1.56 bits per heavy atom. The normalized spacial score (nSPS) is 16.1. The van der Waals surface area contributed by atoms with Gasteiger partial charge in [0.25, 0.3) is 0 Å². The molecule has 1 aliphatic carbocycles. The molecule has 0 bridgehead atoms. The molecule has 1 saturated carbocycles. The molecule has 0 saturated heterocycles. The summed E-state index contributed by atoms with van der Waals surface area (Å²) in [5.41, 5.74) is 1.79. The van der Waals surface area contributed by atoms with E-state index in [4.69, 9.17) is 16.9 Å². The Labute approximate surface area is 113 Å². The monoisotopic (exact) mass is 264 g/mol. The summed E-state index contributed by atoms with van der Waals surface area (Å²) in [6.45, 7) is 2.44. The average Bonchev–Trinajstić information content (AvgIpc) is 3.15. The molecule has 1 N–H and O–H groups in total. The summed E-state index contributed by atoms with van der Waals surface area (Å²) in [6.07, 6.45) is 2.33. The number of rotatable bonds is 5. The lowest BCUT2D eigenvalue weighted by molar-refractivity contribution is 0.199. The van der Waals surface area contributed by atoms with Crippen molar-refractivity contribution >= 4 is 17.3 Å². The number of nitriles is 1. The van der Waals surface area contributed by atoms with E-state index in [-0.39, 0.29) is 0 Å². The van der Waals surface area contributed by atoms with Crippen LogP contribution in [0.15, 0.2) is 18.2 Å². The van der Waals surface area contributed by atoms with E-state index in [1.54, 1.807) is 6.92 Å². The number of benzene rings is 1. The number of hydrogen-bond donors (Lipinski definition) is 1. The highest BCUT2D eigenvalue weighted by Gasteiger charge is 2.30. The first-order valence-electron chi connectivity index (χ1n) is 6.24. The Bertz CT molecular complexity index is 463. The van der Waals surface area contributed by atoms with E-state index in [0.29, 0.717) is 17.5 Å². The van der Waals surface area contributed by atoms with Crippen molar-refractivity contribution in [3.8, 4) is 6.07 Å². The SMILES string of the molecule is C[C@@H](O)c1ccc(N(CCC#N)C2CC2)c(Cl)c1. The van der Waals surface area contributed by atoms with Gasteiger partial charge in [0.1, 0.15) is 0 Å². The van der Waals surface area contributed by atoms with Gasteiger partial charge in [-0.15, -0.1) is 0 Å². The third kappa shape index (κ3) is 2.95. The number of aliphatic hydroxyl groups excluding tert-OH is 1. The molecule has 1 atom stereocenters. The molecule has 2 rings (SSSR count). The van der Waals surface area contributed by atoms with Crippen molar-refractivity contribution in [1.29, 1.82) is 5.26 Å². The number of aliphatic hydroxyl groups is 1. The first kappa shape index (κ1) is 13.2. The van der Waals surface area contributed by atoms with Gasteiger partial charge in [-0.3, -0.25) is 0 Å². The van der Waals surface area contributed by atoms with Crippen LogP contribution in [0.5, 0.6) is 0 Å². The zero-order valence-corrected chi connectivity index (χ0v) is 11.2. The molecule has 0 unspecified atom stereocenters. The Balaban J connectivity index is 2.22. The molecule has 0 aliphatic heterocycles. The van der Waals surface area contributed by atoms with Gasteiger partial charge in [0.05, 0.1) is 29.3 Å². The van der Waals surface area contributed by atoms with E-state index in [1.165, 1.54) is 12.8 Å². The van der Waals surface area contributed by atoms with Gasteiger partial charge in [-0.25, -0.2) is 0 Å². The fourth-order valence-corrected chi connectivity index (χ4v) is 2.37. The average molecular weight is 265 g/mol. The molecular formula is C14H17ClN2O. The zero-order chi connectivity index (χ0) is 13.1. The summed E-state index contributed by atoms with van der Waals surface area (Å²) in [7, 11) is 0. The molecule has 4 heteroatoms. The minimum absolute atomic E-state index is 0.505. The lowest BCUT2D eigenvalue weighted by Crippen LogP contribution is -2.26. The molecule has 1 aromatic rings. The minimum Gasteiger partial charge on any atom is -0.389 e. The molecule has 0 heterocycles. The maximum atomic E-state index is 9.53. The Hall–Kier alpha value is -1.24. The predicted octanol–water partition coefficient (Wildman–Crippen LogP) is 3.28. The molecule has 1 fully saturated rings. The summed E-state index contributed by atoms with van der Waals surface area (Å²) in [5, 5.41) is 18.9. The van der Waals surface area contributed by atoms with Crippen LogP contribution < -0.4 is 4.90 Å². The Morgan fingerprint density at radius 2 is 2.28 bits per heavy atom. The van der Waals surface area contributed by atoms with Crippen molar-refractivity contribution in [3.63, 3.8) is 0 Å². The van der Waals surface area contributed by atoms with Crippen molar-refractivity contribution in [3.05, 3.63) is 28.8 Å². The van der Waals surface area contributed by atoms with Crippen LogP contribution in [0, 0.1) is 11.3 Å². The molecule has 0 spiro atoms. The van der Waals surface area contributed by atoms with Crippen LogP contribution in [0.25, 0.3) is 0 Å². The largest absolute Gasteiger partial charge is 0.389 e. The quantitative estimate of drug-likeness (QED) is 0.888. The highest BCUT2D eigenvalue weighted by molar-refractivity contribution is 6.33. The topological polar surface area (TPSA) is 47.3 Å². The first-order chi connectivity index (χ1) is 8.63. The van der Waals surface area contributed by atoms with Crippen molar-refractivity contribution in [2.24, 2.45) is 0 Å². The van der Waals surface area contributed by atoms with Crippen LogP contribution in [0.3, 0.4) is 0 Å². The second kappa shape index (κ2) is 5.60. The van der Waals surface area contributed by atoms with Crippen molar-refractivity contribution in [2.45, 2.75) is 38.3 Å². The fraction of sp³-hybridized carbons (Fsp3) is 0.500. The van der Waals surface area contributed by atoms with Crippen molar-refractivity contribution < 1.29 is 5.11 Å². The highest BCUT2D eigenvalue weighted by atomic mass is 35.5. The van der Waals surface area contributed by atoms with Gasteiger partial charge >= 0.3 is 0 Å². The summed E-state index contributed by atoms with van der Waals surface area (Å²) < 4.78 is 0. The molecule has 0 aromatic heterocycles. The van der Waals surface area contributed by atoms with Crippen LogP contribution in [-0.2, 0) is 0 Å². The molecule has 1 aromatic carbocycles. The van der Waals surface area contributed by atoms with Gasteiger partial charge in [-0.1, -0.05) is 17.7 Å². The lowest BCUT2D eigenvalue weighted by Gasteiger charge is -2.25. The van der Waals surface area contributed by atoms with Gasteiger partial charge in [-0.2, -0.15) is 5.26 Å². The molecule has 96 valence electrons. The third-order valence-electron chi connectivity index (χ3n) is 3.22. The first-order valence-corrected chi connectivity index (χ1v) is 6.62. The maximum absolute atomic E-state index is 9.53.